The maximum Gasteiger partial charge on any atom is 0.417 e. The summed E-state index contributed by atoms with van der Waals surface area (Å²) >= 11 is 0. The van der Waals surface area contributed by atoms with Crippen LogP contribution in [0.1, 0.15) is 5.56 Å². The van der Waals surface area contributed by atoms with Crippen LogP contribution in [-0.4, -0.2) is 53.6 Å². The number of hydrogen-bond donors (Lipinski definition) is 1. The first-order chi connectivity index (χ1) is 11.3. The molecule has 10 heteroatoms. The molecule has 0 radical (unpaired) electrons. The second-order valence-electron chi connectivity index (χ2n) is 5.38. The number of halogens is 3. The maximum absolute atomic E-state index is 12.5. The van der Waals surface area contributed by atoms with Crippen molar-refractivity contribution in [2.45, 2.75) is 12.2 Å². The number of cyclic esters (lactones) is 1. The van der Waals surface area contributed by atoms with Crippen molar-refractivity contribution in [3.05, 3.63) is 29.8 Å². The third kappa shape index (κ3) is 2.99. The van der Waals surface area contributed by atoms with Gasteiger partial charge in [0.1, 0.15) is 0 Å². The van der Waals surface area contributed by atoms with Crippen molar-refractivity contribution in [1.29, 1.82) is 0 Å². The number of hydrogen-bond acceptors (Lipinski definition) is 4. The van der Waals surface area contributed by atoms with E-state index in [0.29, 0.717) is 0 Å². The summed E-state index contributed by atoms with van der Waals surface area (Å²) in [6.07, 6.45) is -5.17. The lowest BCUT2D eigenvalue weighted by atomic mass is 10.1. The SMILES string of the molecule is O=C(Nc1ccc(C(F)(F)F)cc1)N1CC(N2C(=O)COC2=O)C1. The Kier molecular flexibility index (Phi) is 3.82. The Morgan fingerprint density at radius 3 is 2.29 bits per heavy atom. The Hall–Kier alpha value is -2.78. The van der Waals surface area contributed by atoms with E-state index >= 15 is 0 Å². The molecule has 0 saturated carbocycles. The lowest BCUT2D eigenvalue weighted by Gasteiger charge is -2.41. The van der Waals surface area contributed by atoms with Crippen molar-refractivity contribution in [3.63, 3.8) is 0 Å². The molecular weight excluding hydrogens is 331 g/mol. The molecule has 4 amide bonds. The highest BCUT2D eigenvalue weighted by molar-refractivity contribution is 5.98. The van der Waals surface area contributed by atoms with Gasteiger partial charge in [-0.3, -0.25) is 4.79 Å². The molecule has 2 heterocycles. The number of carbonyl (C=O) groups excluding carboxylic acids is 3. The Bertz CT molecular complexity index is 668. The summed E-state index contributed by atoms with van der Waals surface area (Å²) in [6.45, 7) is -0.00625. The van der Waals surface area contributed by atoms with Gasteiger partial charge in [0.25, 0.3) is 5.91 Å². The molecule has 2 aliphatic heterocycles. The Labute approximate surface area is 134 Å². The van der Waals surface area contributed by atoms with Gasteiger partial charge in [0.15, 0.2) is 6.61 Å². The maximum atomic E-state index is 12.5. The molecule has 24 heavy (non-hydrogen) atoms. The number of rotatable bonds is 2. The summed E-state index contributed by atoms with van der Waals surface area (Å²) in [5, 5.41) is 2.46. The van der Waals surface area contributed by atoms with Gasteiger partial charge >= 0.3 is 18.3 Å². The van der Waals surface area contributed by atoms with Gasteiger partial charge in [0, 0.05) is 18.8 Å². The first-order valence-electron chi connectivity index (χ1n) is 6.98. The van der Waals surface area contributed by atoms with Gasteiger partial charge in [-0.15, -0.1) is 0 Å². The molecule has 1 aromatic rings. The minimum absolute atomic E-state index is 0.146. The zero-order chi connectivity index (χ0) is 17.5. The van der Waals surface area contributed by atoms with Crippen LogP contribution in [0.2, 0.25) is 0 Å². The number of imide groups is 1. The molecule has 0 spiro atoms. The summed E-state index contributed by atoms with van der Waals surface area (Å²) in [7, 11) is 0. The molecule has 128 valence electrons. The number of benzene rings is 1. The fourth-order valence-electron chi connectivity index (χ4n) is 2.45. The van der Waals surface area contributed by atoms with Gasteiger partial charge < -0.3 is 15.0 Å². The average Bonchev–Trinajstić information content (AvgIpc) is 2.77. The summed E-state index contributed by atoms with van der Waals surface area (Å²) < 4.78 is 42.0. The number of amides is 4. The number of anilines is 1. The van der Waals surface area contributed by atoms with Gasteiger partial charge in [-0.1, -0.05) is 0 Å². The zero-order valence-electron chi connectivity index (χ0n) is 12.2. The molecule has 7 nitrogen and oxygen atoms in total. The van der Waals surface area contributed by atoms with Gasteiger partial charge in [0.2, 0.25) is 0 Å². The van der Waals surface area contributed by atoms with Crippen LogP contribution in [-0.2, 0) is 15.7 Å². The fourth-order valence-corrected chi connectivity index (χ4v) is 2.45. The standard InChI is InChI=1S/C14H12F3N3O4/c15-14(16,17)8-1-3-9(4-2-8)18-12(22)19-5-10(6-19)20-11(21)7-24-13(20)23/h1-4,10H,5-7H2,(H,18,22). The van der Waals surface area contributed by atoms with Crippen LogP contribution >= 0.6 is 0 Å². The molecule has 1 N–H and O–H groups in total. The fraction of sp³-hybridized carbons (Fsp3) is 0.357. The molecule has 0 aliphatic carbocycles. The molecule has 0 aromatic heterocycles. The number of carbonyl (C=O) groups is 3. The van der Waals surface area contributed by atoms with Crippen molar-refractivity contribution in [3.8, 4) is 0 Å². The number of likely N-dealkylation sites (tertiary alicyclic amines) is 1. The Morgan fingerprint density at radius 1 is 1.17 bits per heavy atom. The van der Waals surface area contributed by atoms with Gasteiger partial charge in [-0.25, -0.2) is 14.5 Å². The predicted molar refractivity (Wildman–Crippen MR) is 74.0 cm³/mol. The molecule has 1 aromatic carbocycles. The largest absolute Gasteiger partial charge is 0.439 e. The number of ether oxygens (including phenoxy) is 1. The summed E-state index contributed by atoms with van der Waals surface area (Å²) in [6, 6.07) is 3.08. The first kappa shape index (κ1) is 16.1. The van der Waals surface area contributed by atoms with Gasteiger partial charge in [-0.05, 0) is 24.3 Å². The van der Waals surface area contributed by atoms with E-state index in [0.717, 1.165) is 29.2 Å². The Morgan fingerprint density at radius 2 is 1.79 bits per heavy atom. The minimum Gasteiger partial charge on any atom is -0.439 e. The number of nitrogens with zero attached hydrogens (tertiary/aromatic N) is 2. The number of urea groups is 1. The van der Waals surface area contributed by atoms with Crippen LogP contribution in [0.15, 0.2) is 24.3 Å². The van der Waals surface area contributed by atoms with Crippen LogP contribution in [0, 0.1) is 0 Å². The van der Waals surface area contributed by atoms with Crippen LogP contribution in [0.25, 0.3) is 0 Å². The quantitative estimate of drug-likeness (QED) is 0.890. The van der Waals surface area contributed by atoms with Crippen LogP contribution < -0.4 is 5.32 Å². The van der Waals surface area contributed by atoms with E-state index < -0.39 is 35.8 Å². The van der Waals surface area contributed by atoms with E-state index in [1.165, 1.54) is 4.90 Å². The lowest BCUT2D eigenvalue weighted by Crippen LogP contribution is -2.63. The molecule has 0 bridgehead atoms. The lowest BCUT2D eigenvalue weighted by molar-refractivity contribution is -0.137. The highest BCUT2D eigenvalue weighted by Crippen LogP contribution is 2.30. The normalized spacial score (nSPS) is 18.5. The average molecular weight is 343 g/mol. The smallest absolute Gasteiger partial charge is 0.417 e. The van der Waals surface area contributed by atoms with E-state index in [2.05, 4.69) is 10.1 Å². The third-order valence-electron chi connectivity index (χ3n) is 3.76. The Balaban J connectivity index is 1.54. The molecule has 0 unspecified atom stereocenters. The monoisotopic (exact) mass is 343 g/mol. The van der Waals surface area contributed by atoms with Crippen LogP contribution in [0.5, 0.6) is 0 Å². The minimum atomic E-state index is -4.44. The number of nitrogens with one attached hydrogen (secondary N) is 1. The summed E-state index contributed by atoms with van der Waals surface area (Å²) in [5.41, 5.74) is -0.594. The van der Waals surface area contributed by atoms with Gasteiger partial charge in [-0.2, -0.15) is 13.2 Å². The zero-order valence-corrected chi connectivity index (χ0v) is 12.2. The van der Waals surface area contributed by atoms with Crippen molar-refractivity contribution < 1.29 is 32.3 Å². The van der Waals surface area contributed by atoms with Crippen molar-refractivity contribution >= 4 is 23.7 Å². The summed E-state index contributed by atoms with van der Waals surface area (Å²) in [4.78, 5) is 37.1. The third-order valence-corrected chi connectivity index (χ3v) is 3.76. The van der Waals surface area contributed by atoms with Crippen LogP contribution in [0.4, 0.5) is 28.4 Å². The highest BCUT2D eigenvalue weighted by atomic mass is 19.4. The van der Waals surface area contributed by atoms with E-state index in [1.807, 2.05) is 0 Å². The second-order valence-corrected chi connectivity index (χ2v) is 5.38. The molecule has 2 aliphatic rings. The summed E-state index contributed by atoms with van der Waals surface area (Å²) in [5.74, 6) is -0.451. The molecule has 2 fully saturated rings. The topological polar surface area (TPSA) is 79.0 Å². The van der Waals surface area contributed by atoms with Gasteiger partial charge in [0.05, 0.1) is 11.6 Å². The van der Waals surface area contributed by atoms with Crippen molar-refractivity contribution in [2.24, 2.45) is 0 Å². The van der Waals surface area contributed by atoms with E-state index in [9.17, 15) is 27.6 Å². The van der Waals surface area contributed by atoms with E-state index in [-0.39, 0.29) is 25.4 Å². The highest BCUT2D eigenvalue weighted by Gasteiger charge is 2.44. The molecule has 3 rings (SSSR count). The van der Waals surface area contributed by atoms with Crippen molar-refractivity contribution in [1.82, 2.24) is 9.80 Å². The van der Waals surface area contributed by atoms with Crippen LogP contribution in [0.3, 0.4) is 0 Å². The first-order valence-corrected chi connectivity index (χ1v) is 6.98. The predicted octanol–water partition coefficient (Wildman–Crippen LogP) is 1.90. The molecule has 0 atom stereocenters. The second kappa shape index (κ2) is 5.69. The molecule has 2 saturated heterocycles. The van der Waals surface area contributed by atoms with Crippen molar-refractivity contribution in [2.75, 3.05) is 25.0 Å². The van der Waals surface area contributed by atoms with E-state index in [1.54, 1.807) is 0 Å². The van der Waals surface area contributed by atoms with E-state index in [4.69, 9.17) is 0 Å². The number of alkyl halides is 3. The molecular formula is C14H12F3N3O4.